The summed E-state index contributed by atoms with van der Waals surface area (Å²) in [5.74, 6) is -0.878. The number of rotatable bonds is 1. The van der Waals surface area contributed by atoms with Crippen LogP contribution < -0.4 is 0 Å². The molecule has 2 atom stereocenters. The Morgan fingerprint density at radius 2 is 2.06 bits per heavy atom. The number of ether oxygens (including phenoxy) is 1. The first-order chi connectivity index (χ1) is 8.06. The standard InChI is InChI=1S/C12H15FN2O2/c1-8-6-15(7-9(2)17-8)12(16)10-4-3-5-11(13)14-10/h3-5,8-9H,6-7H2,1-2H3. The quantitative estimate of drug-likeness (QED) is 0.696. The fraction of sp³-hybridized carbons (Fsp3) is 0.500. The molecule has 4 nitrogen and oxygen atoms in total. The Bertz CT molecular complexity index is 415. The highest BCUT2D eigenvalue weighted by atomic mass is 19.1. The molecule has 5 heteroatoms. The van der Waals surface area contributed by atoms with Crippen LogP contribution in [0.1, 0.15) is 24.3 Å². The third-order valence-corrected chi connectivity index (χ3v) is 2.64. The zero-order valence-electron chi connectivity index (χ0n) is 9.89. The summed E-state index contributed by atoms with van der Waals surface area (Å²) >= 11 is 0. The minimum atomic E-state index is -0.634. The second kappa shape index (κ2) is 4.79. The average molecular weight is 238 g/mol. The number of hydrogen-bond donors (Lipinski definition) is 0. The van der Waals surface area contributed by atoms with Crippen LogP contribution in [0.4, 0.5) is 4.39 Å². The summed E-state index contributed by atoms with van der Waals surface area (Å²) < 4.78 is 18.5. The number of carbonyl (C=O) groups excluding carboxylic acids is 1. The van der Waals surface area contributed by atoms with Crippen LogP contribution in [0.5, 0.6) is 0 Å². The predicted molar refractivity (Wildman–Crippen MR) is 60.1 cm³/mol. The molecule has 0 N–H and O–H groups in total. The van der Waals surface area contributed by atoms with E-state index >= 15 is 0 Å². The van der Waals surface area contributed by atoms with Crippen molar-refractivity contribution in [3.05, 3.63) is 29.8 Å². The van der Waals surface area contributed by atoms with Gasteiger partial charge in [0.1, 0.15) is 5.69 Å². The van der Waals surface area contributed by atoms with Crippen LogP contribution >= 0.6 is 0 Å². The summed E-state index contributed by atoms with van der Waals surface area (Å²) in [6.07, 6.45) is -0.00693. The maximum atomic E-state index is 12.9. The van der Waals surface area contributed by atoms with Gasteiger partial charge in [0, 0.05) is 13.1 Å². The van der Waals surface area contributed by atoms with Crippen LogP contribution in [0.15, 0.2) is 18.2 Å². The number of morpholine rings is 1. The molecule has 1 amide bonds. The van der Waals surface area contributed by atoms with E-state index in [-0.39, 0.29) is 23.8 Å². The van der Waals surface area contributed by atoms with E-state index in [0.717, 1.165) is 0 Å². The minimum Gasteiger partial charge on any atom is -0.372 e. The first-order valence-corrected chi connectivity index (χ1v) is 5.63. The smallest absolute Gasteiger partial charge is 0.272 e. The van der Waals surface area contributed by atoms with Crippen molar-refractivity contribution in [3.8, 4) is 0 Å². The Morgan fingerprint density at radius 3 is 2.65 bits per heavy atom. The second-order valence-electron chi connectivity index (χ2n) is 4.31. The second-order valence-corrected chi connectivity index (χ2v) is 4.31. The van der Waals surface area contributed by atoms with Gasteiger partial charge in [-0.3, -0.25) is 4.79 Å². The van der Waals surface area contributed by atoms with E-state index in [1.807, 2.05) is 13.8 Å². The summed E-state index contributed by atoms with van der Waals surface area (Å²) in [6, 6.07) is 4.24. The monoisotopic (exact) mass is 238 g/mol. The number of aromatic nitrogens is 1. The third kappa shape index (κ3) is 2.79. The van der Waals surface area contributed by atoms with Gasteiger partial charge in [-0.25, -0.2) is 4.98 Å². The van der Waals surface area contributed by atoms with E-state index in [9.17, 15) is 9.18 Å². The SMILES string of the molecule is CC1CN(C(=O)c2cccc(F)n2)CC(C)O1. The van der Waals surface area contributed by atoms with Gasteiger partial charge in [0.05, 0.1) is 12.2 Å². The summed E-state index contributed by atoms with van der Waals surface area (Å²) in [6.45, 7) is 4.85. The van der Waals surface area contributed by atoms with Crippen molar-refractivity contribution in [3.63, 3.8) is 0 Å². The molecule has 2 heterocycles. The number of amides is 1. The minimum absolute atomic E-state index is 0.00346. The Labute approximate surface area is 99.4 Å². The molecule has 0 spiro atoms. The lowest BCUT2D eigenvalue weighted by molar-refractivity contribution is -0.0587. The first-order valence-electron chi connectivity index (χ1n) is 5.63. The number of halogens is 1. The molecule has 0 radical (unpaired) electrons. The molecular formula is C12H15FN2O2. The largest absolute Gasteiger partial charge is 0.372 e. The molecular weight excluding hydrogens is 223 g/mol. The Hall–Kier alpha value is -1.49. The summed E-state index contributed by atoms with van der Waals surface area (Å²) in [7, 11) is 0. The fourth-order valence-corrected chi connectivity index (χ4v) is 2.03. The van der Waals surface area contributed by atoms with E-state index in [0.29, 0.717) is 13.1 Å². The Morgan fingerprint density at radius 1 is 1.41 bits per heavy atom. The van der Waals surface area contributed by atoms with E-state index in [2.05, 4.69) is 4.98 Å². The summed E-state index contributed by atoms with van der Waals surface area (Å²) in [5.41, 5.74) is 0.145. The van der Waals surface area contributed by atoms with Crippen molar-refractivity contribution in [2.24, 2.45) is 0 Å². The van der Waals surface area contributed by atoms with E-state index < -0.39 is 5.95 Å². The zero-order chi connectivity index (χ0) is 12.4. The van der Waals surface area contributed by atoms with Gasteiger partial charge in [-0.15, -0.1) is 0 Å². The van der Waals surface area contributed by atoms with Crippen LogP contribution in [-0.4, -0.2) is 41.1 Å². The molecule has 2 unspecified atom stereocenters. The van der Waals surface area contributed by atoms with Crippen LogP contribution in [0.2, 0.25) is 0 Å². The van der Waals surface area contributed by atoms with Crippen molar-refractivity contribution in [2.45, 2.75) is 26.1 Å². The fourth-order valence-electron chi connectivity index (χ4n) is 2.03. The van der Waals surface area contributed by atoms with Gasteiger partial charge in [-0.1, -0.05) is 6.07 Å². The van der Waals surface area contributed by atoms with E-state index in [1.165, 1.54) is 18.2 Å². The zero-order valence-corrected chi connectivity index (χ0v) is 9.89. The molecule has 1 aliphatic heterocycles. The molecule has 92 valence electrons. The molecule has 0 saturated carbocycles. The summed E-state index contributed by atoms with van der Waals surface area (Å²) in [5, 5.41) is 0. The van der Waals surface area contributed by atoms with E-state index in [1.54, 1.807) is 4.90 Å². The first kappa shape index (κ1) is 12.0. The third-order valence-electron chi connectivity index (χ3n) is 2.64. The van der Waals surface area contributed by atoms with E-state index in [4.69, 9.17) is 4.74 Å². The van der Waals surface area contributed by atoms with Crippen molar-refractivity contribution in [1.82, 2.24) is 9.88 Å². The lowest BCUT2D eigenvalue weighted by Gasteiger charge is -2.35. The van der Waals surface area contributed by atoms with Gasteiger partial charge in [-0.2, -0.15) is 4.39 Å². The highest BCUT2D eigenvalue weighted by molar-refractivity contribution is 5.92. The van der Waals surface area contributed by atoms with Crippen molar-refractivity contribution in [1.29, 1.82) is 0 Å². The Balaban J connectivity index is 2.14. The molecule has 1 saturated heterocycles. The van der Waals surface area contributed by atoms with Gasteiger partial charge in [0.25, 0.3) is 5.91 Å². The van der Waals surface area contributed by atoms with Gasteiger partial charge in [-0.05, 0) is 26.0 Å². The van der Waals surface area contributed by atoms with Crippen molar-refractivity contribution >= 4 is 5.91 Å². The van der Waals surface area contributed by atoms with Gasteiger partial charge < -0.3 is 9.64 Å². The number of pyridine rings is 1. The van der Waals surface area contributed by atoms with Gasteiger partial charge in [0.2, 0.25) is 5.95 Å². The molecule has 2 rings (SSSR count). The lowest BCUT2D eigenvalue weighted by Crippen LogP contribution is -2.48. The van der Waals surface area contributed by atoms with Crippen LogP contribution in [-0.2, 0) is 4.74 Å². The lowest BCUT2D eigenvalue weighted by atomic mass is 10.2. The molecule has 1 aromatic heterocycles. The van der Waals surface area contributed by atoms with Gasteiger partial charge >= 0.3 is 0 Å². The van der Waals surface area contributed by atoms with Crippen molar-refractivity contribution < 1.29 is 13.9 Å². The van der Waals surface area contributed by atoms with Crippen molar-refractivity contribution in [2.75, 3.05) is 13.1 Å². The predicted octanol–water partition coefficient (Wildman–Crippen LogP) is 1.47. The highest BCUT2D eigenvalue weighted by Gasteiger charge is 2.27. The number of nitrogens with zero attached hydrogens (tertiary/aromatic N) is 2. The van der Waals surface area contributed by atoms with Crippen LogP contribution in [0.25, 0.3) is 0 Å². The summed E-state index contributed by atoms with van der Waals surface area (Å²) in [4.78, 5) is 17.3. The molecule has 1 fully saturated rings. The molecule has 0 aromatic carbocycles. The average Bonchev–Trinajstić information content (AvgIpc) is 2.26. The Kier molecular flexibility index (Phi) is 3.38. The maximum Gasteiger partial charge on any atom is 0.272 e. The normalized spacial score (nSPS) is 24.8. The molecule has 0 bridgehead atoms. The topological polar surface area (TPSA) is 42.4 Å². The molecule has 1 aromatic rings. The number of carbonyl (C=O) groups is 1. The molecule has 17 heavy (non-hydrogen) atoms. The highest BCUT2D eigenvalue weighted by Crippen LogP contribution is 2.13. The number of hydrogen-bond acceptors (Lipinski definition) is 3. The molecule has 0 aliphatic carbocycles. The van der Waals surface area contributed by atoms with Crippen LogP contribution in [0, 0.1) is 5.95 Å². The van der Waals surface area contributed by atoms with Crippen LogP contribution in [0.3, 0.4) is 0 Å². The van der Waals surface area contributed by atoms with Gasteiger partial charge in [0.15, 0.2) is 0 Å². The molecule has 1 aliphatic rings. The maximum absolute atomic E-state index is 12.9.